The Labute approximate surface area is 207 Å². The highest BCUT2D eigenvalue weighted by Gasteiger charge is 2.28. The lowest BCUT2D eigenvalue weighted by atomic mass is 9.96. The topological polar surface area (TPSA) is 109 Å². The van der Waals surface area contributed by atoms with Crippen molar-refractivity contribution in [1.29, 1.82) is 5.26 Å². The highest BCUT2D eigenvalue weighted by Crippen LogP contribution is 2.37. The Morgan fingerprint density at radius 3 is 2.91 bits per heavy atom. The van der Waals surface area contributed by atoms with E-state index in [1.807, 2.05) is 42.0 Å². The van der Waals surface area contributed by atoms with Crippen LogP contribution >= 0.6 is 11.3 Å². The molecule has 1 atom stereocenters. The van der Waals surface area contributed by atoms with Crippen LogP contribution in [-0.2, 0) is 29.0 Å². The number of thiophene rings is 1. The zero-order valence-corrected chi connectivity index (χ0v) is 20.5. The second-order valence-electron chi connectivity index (χ2n) is 8.30. The van der Waals surface area contributed by atoms with E-state index in [2.05, 4.69) is 16.4 Å². The van der Waals surface area contributed by atoms with Crippen LogP contribution in [0.4, 0.5) is 9.80 Å². The quantitative estimate of drug-likeness (QED) is 0.505. The molecule has 1 aromatic carbocycles. The maximum absolute atomic E-state index is 12.8. The first-order chi connectivity index (χ1) is 17.0. The third-order valence-corrected chi connectivity index (χ3v) is 7.11. The SMILES string of the molecule is COc1ccccc1C(C)CC(=O)Nc1sc2c(c1C#N)CCN(C(=O)OCCn1ccnc1)C2. The normalized spacial score (nSPS) is 13.5. The van der Waals surface area contributed by atoms with E-state index < -0.39 is 0 Å². The van der Waals surface area contributed by atoms with Crippen molar-refractivity contribution in [2.75, 3.05) is 25.6 Å². The van der Waals surface area contributed by atoms with Crippen LogP contribution in [0.15, 0.2) is 43.0 Å². The lowest BCUT2D eigenvalue weighted by Crippen LogP contribution is -2.36. The summed E-state index contributed by atoms with van der Waals surface area (Å²) in [6, 6.07) is 9.87. The van der Waals surface area contributed by atoms with Gasteiger partial charge in [-0.25, -0.2) is 9.78 Å². The van der Waals surface area contributed by atoms with Gasteiger partial charge >= 0.3 is 6.09 Å². The second-order valence-corrected chi connectivity index (χ2v) is 9.41. The van der Waals surface area contributed by atoms with E-state index in [4.69, 9.17) is 9.47 Å². The van der Waals surface area contributed by atoms with Crippen LogP contribution in [0.5, 0.6) is 5.75 Å². The maximum atomic E-state index is 12.8. The number of nitrogens with zero attached hydrogens (tertiary/aromatic N) is 4. The van der Waals surface area contributed by atoms with Crippen molar-refractivity contribution in [3.05, 3.63) is 64.6 Å². The lowest BCUT2D eigenvalue weighted by molar-refractivity contribution is -0.116. The molecule has 35 heavy (non-hydrogen) atoms. The van der Waals surface area contributed by atoms with Crippen LogP contribution in [0, 0.1) is 11.3 Å². The zero-order valence-electron chi connectivity index (χ0n) is 19.7. The van der Waals surface area contributed by atoms with Gasteiger partial charge in [0.2, 0.25) is 5.91 Å². The molecule has 0 saturated heterocycles. The van der Waals surface area contributed by atoms with Gasteiger partial charge in [-0.2, -0.15) is 5.26 Å². The van der Waals surface area contributed by atoms with Gasteiger partial charge in [0.15, 0.2) is 0 Å². The average molecular weight is 494 g/mol. The standard InChI is InChI=1S/C25H27N5O4S/c1-17(18-5-3-4-6-21(18)33-2)13-23(31)28-24-20(14-26)19-7-9-30(15-22(19)35-24)25(32)34-12-11-29-10-8-27-16-29/h3-6,8,10,16-17H,7,9,11-13,15H2,1-2H3,(H,28,31). The monoisotopic (exact) mass is 493 g/mol. The number of imidazole rings is 1. The molecule has 1 aliphatic heterocycles. The minimum Gasteiger partial charge on any atom is -0.496 e. The number of nitrogens with one attached hydrogen (secondary N) is 1. The molecule has 9 nitrogen and oxygen atoms in total. The first-order valence-corrected chi connectivity index (χ1v) is 12.2. The number of hydrogen-bond donors (Lipinski definition) is 1. The fourth-order valence-corrected chi connectivity index (χ4v) is 5.38. The Bertz CT molecular complexity index is 1230. The number of fused-ring (bicyclic) bond motifs is 1. The number of benzene rings is 1. The van der Waals surface area contributed by atoms with E-state index in [9.17, 15) is 14.9 Å². The summed E-state index contributed by atoms with van der Waals surface area (Å²) in [5.74, 6) is 0.516. The fraction of sp³-hybridized carbons (Fsp3) is 0.360. The molecule has 0 spiro atoms. The fourth-order valence-electron chi connectivity index (χ4n) is 4.15. The van der Waals surface area contributed by atoms with E-state index in [0.717, 1.165) is 21.8 Å². The number of aromatic nitrogens is 2. The number of anilines is 1. The first-order valence-electron chi connectivity index (χ1n) is 11.3. The number of carbonyl (C=O) groups excluding carboxylic acids is 2. The molecular formula is C25H27N5O4S. The average Bonchev–Trinajstić information content (AvgIpc) is 3.50. The third kappa shape index (κ3) is 5.63. The number of rotatable bonds is 8. The summed E-state index contributed by atoms with van der Waals surface area (Å²) in [4.78, 5) is 31.8. The van der Waals surface area contributed by atoms with Gasteiger partial charge in [-0.05, 0) is 29.5 Å². The van der Waals surface area contributed by atoms with E-state index in [1.54, 1.807) is 24.5 Å². The van der Waals surface area contributed by atoms with Crippen LogP contribution < -0.4 is 10.1 Å². The van der Waals surface area contributed by atoms with Gasteiger partial charge in [0, 0.05) is 30.2 Å². The second kappa shape index (κ2) is 11.1. The summed E-state index contributed by atoms with van der Waals surface area (Å²) in [5, 5.41) is 13.2. The highest BCUT2D eigenvalue weighted by atomic mass is 32.1. The van der Waals surface area contributed by atoms with E-state index in [-0.39, 0.29) is 30.9 Å². The summed E-state index contributed by atoms with van der Waals surface area (Å²) in [6.07, 6.45) is 5.56. The van der Waals surface area contributed by atoms with Gasteiger partial charge in [0.05, 0.1) is 32.1 Å². The number of methoxy groups -OCH3 is 1. The first kappa shape index (κ1) is 24.3. The maximum Gasteiger partial charge on any atom is 0.410 e. The van der Waals surface area contributed by atoms with Crippen molar-refractivity contribution in [2.24, 2.45) is 0 Å². The molecule has 2 aromatic heterocycles. The Kier molecular flexibility index (Phi) is 7.67. The van der Waals surface area contributed by atoms with E-state index >= 15 is 0 Å². The van der Waals surface area contributed by atoms with Gasteiger partial charge in [-0.1, -0.05) is 25.1 Å². The van der Waals surface area contributed by atoms with Crippen molar-refractivity contribution in [3.8, 4) is 11.8 Å². The van der Waals surface area contributed by atoms with Gasteiger partial charge in [0.1, 0.15) is 23.4 Å². The summed E-state index contributed by atoms with van der Waals surface area (Å²) < 4.78 is 12.6. The van der Waals surface area contributed by atoms with Crippen LogP contribution in [0.3, 0.4) is 0 Å². The predicted molar refractivity (Wildman–Crippen MR) is 131 cm³/mol. The Morgan fingerprint density at radius 2 is 2.17 bits per heavy atom. The summed E-state index contributed by atoms with van der Waals surface area (Å²) in [6.45, 7) is 3.56. The van der Waals surface area contributed by atoms with Crippen molar-refractivity contribution < 1.29 is 19.1 Å². The molecule has 0 fully saturated rings. The molecule has 2 amide bonds. The molecule has 4 rings (SSSR count). The molecule has 0 radical (unpaired) electrons. The molecule has 0 saturated carbocycles. The molecule has 0 aliphatic carbocycles. The number of para-hydroxylation sites is 1. The minimum atomic E-state index is -0.390. The molecular weight excluding hydrogens is 466 g/mol. The zero-order chi connectivity index (χ0) is 24.8. The molecule has 3 aromatic rings. The van der Waals surface area contributed by atoms with E-state index in [1.165, 1.54) is 11.3 Å². The number of amides is 2. The highest BCUT2D eigenvalue weighted by molar-refractivity contribution is 7.16. The van der Waals surface area contributed by atoms with Crippen LogP contribution in [-0.4, -0.2) is 46.7 Å². The van der Waals surface area contributed by atoms with Gasteiger partial charge in [0.25, 0.3) is 0 Å². The summed E-state index contributed by atoms with van der Waals surface area (Å²) in [7, 11) is 1.61. The minimum absolute atomic E-state index is 0.0566. The molecule has 10 heteroatoms. The van der Waals surface area contributed by atoms with Crippen LogP contribution in [0.2, 0.25) is 0 Å². The van der Waals surface area contributed by atoms with Crippen molar-refractivity contribution in [2.45, 2.75) is 38.8 Å². The molecule has 1 unspecified atom stereocenters. The molecule has 1 aliphatic rings. The largest absolute Gasteiger partial charge is 0.496 e. The van der Waals surface area contributed by atoms with E-state index in [0.29, 0.717) is 36.6 Å². The summed E-state index contributed by atoms with van der Waals surface area (Å²) >= 11 is 1.35. The summed E-state index contributed by atoms with van der Waals surface area (Å²) in [5.41, 5.74) is 2.34. The Morgan fingerprint density at radius 1 is 1.34 bits per heavy atom. The van der Waals surface area contributed by atoms with Crippen LogP contribution in [0.1, 0.15) is 40.8 Å². The predicted octanol–water partition coefficient (Wildman–Crippen LogP) is 4.15. The van der Waals surface area contributed by atoms with Crippen molar-refractivity contribution in [3.63, 3.8) is 0 Å². The number of carbonyl (C=O) groups is 2. The Balaban J connectivity index is 1.37. The van der Waals surface area contributed by atoms with Crippen LogP contribution in [0.25, 0.3) is 0 Å². The Hall–Kier alpha value is -3.84. The molecule has 0 bridgehead atoms. The lowest BCUT2D eigenvalue weighted by Gasteiger charge is -2.26. The van der Waals surface area contributed by atoms with Gasteiger partial charge in [-0.3, -0.25) is 4.79 Å². The van der Waals surface area contributed by atoms with Gasteiger partial charge in [-0.15, -0.1) is 11.3 Å². The van der Waals surface area contributed by atoms with Gasteiger partial charge < -0.3 is 24.3 Å². The molecule has 3 heterocycles. The number of nitriles is 1. The molecule has 182 valence electrons. The van der Waals surface area contributed by atoms with Crippen molar-refractivity contribution in [1.82, 2.24) is 14.5 Å². The smallest absolute Gasteiger partial charge is 0.410 e. The number of hydrogen-bond acceptors (Lipinski definition) is 7. The van der Waals surface area contributed by atoms with Crippen molar-refractivity contribution >= 4 is 28.3 Å². The number of ether oxygens (including phenoxy) is 2. The third-order valence-electron chi connectivity index (χ3n) is 5.98. The molecule has 1 N–H and O–H groups in total.